The first-order valence-corrected chi connectivity index (χ1v) is 7.46. The molecular formula is C15H22BrClO. The highest BCUT2D eigenvalue weighted by molar-refractivity contribution is 9.10. The second-order valence-electron chi connectivity index (χ2n) is 5.86. The first-order valence-electron chi connectivity index (χ1n) is 6.23. The molecule has 0 heterocycles. The van der Waals surface area contributed by atoms with E-state index < -0.39 is 0 Å². The van der Waals surface area contributed by atoms with Crippen LogP contribution in [0.2, 0.25) is 0 Å². The molecular weight excluding hydrogens is 312 g/mol. The zero-order valence-electron chi connectivity index (χ0n) is 11.8. The van der Waals surface area contributed by atoms with Crippen LogP contribution in [-0.4, -0.2) is 7.11 Å². The van der Waals surface area contributed by atoms with Gasteiger partial charge in [-0.05, 0) is 35.4 Å². The Morgan fingerprint density at radius 3 is 2.39 bits per heavy atom. The van der Waals surface area contributed by atoms with Crippen molar-refractivity contribution in [2.45, 2.75) is 39.5 Å². The summed E-state index contributed by atoms with van der Waals surface area (Å²) in [5.41, 5.74) is 1.42. The Balaban J connectivity index is 2.81. The Bertz CT molecular complexity index is 398. The van der Waals surface area contributed by atoms with Crippen LogP contribution >= 0.6 is 27.5 Å². The van der Waals surface area contributed by atoms with Crippen molar-refractivity contribution in [2.24, 2.45) is 11.3 Å². The van der Waals surface area contributed by atoms with Crippen LogP contribution in [0.5, 0.6) is 5.75 Å². The minimum atomic E-state index is 0.0273. The molecule has 0 saturated heterocycles. The zero-order chi connectivity index (χ0) is 13.9. The lowest BCUT2D eigenvalue weighted by atomic mass is 9.79. The van der Waals surface area contributed by atoms with Crippen LogP contribution < -0.4 is 4.74 Å². The van der Waals surface area contributed by atoms with Gasteiger partial charge < -0.3 is 4.74 Å². The number of benzene rings is 1. The van der Waals surface area contributed by atoms with Gasteiger partial charge in [-0.1, -0.05) is 49.7 Å². The third-order valence-corrected chi connectivity index (χ3v) is 4.68. The van der Waals surface area contributed by atoms with E-state index in [1.54, 1.807) is 7.11 Å². The van der Waals surface area contributed by atoms with E-state index in [1.807, 2.05) is 18.2 Å². The van der Waals surface area contributed by atoms with Crippen LogP contribution in [0.25, 0.3) is 0 Å². The highest BCUT2D eigenvalue weighted by atomic mass is 79.9. The van der Waals surface area contributed by atoms with Crippen molar-refractivity contribution in [1.82, 2.24) is 0 Å². The monoisotopic (exact) mass is 332 g/mol. The third kappa shape index (κ3) is 4.17. The van der Waals surface area contributed by atoms with Gasteiger partial charge in [-0.2, -0.15) is 0 Å². The molecule has 1 aromatic carbocycles. The van der Waals surface area contributed by atoms with Crippen LogP contribution in [0.15, 0.2) is 22.7 Å². The number of hydrogen-bond donors (Lipinski definition) is 0. The Kier molecular flexibility index (Phi) is 5.54. The summed E-state index contributed by atoms with van der Waals surface area (Å²) in [6.45, 7) is 9.02. The quantitative estimate of drug-likeness (QED) is 0.632. The molecule has 1 nitrogen and oxygen atoms in total. The molecule has 2 unspecified atom stereocenters. The minimum absolute atomic E-state index is 0.0273. The lowest BCUT2D eigenvalue weighted by molar-refractivity contribution is 0.245. The summed E-state index contributed by atoms with van der Waals surface area (Å²) in [5, 5.41) is 0.0273. The number of hydrogen-bond acceptors (Lipinski definition) is 1. The lowest BCUT2D eigenvalue weighted by Gasteiger charge is -2.29. The summed E-state index contributed by atoms with van der Waals surface area (Å²) >= 11 is 10.1. The molecule has 2 atom stereocenters. The summed E-state index contributed by atoms with van der Waals surface area (Å²) in [7, 11) is 1.67. The molecule has 0 N–H and O–H groups in total. The van der Waals surface area contributed by atoms with Crippen molar-refractivity contribution in [3.63, 3.8) is 0 Å². The van der Waals surface area contributed by atoms with E-state index in [4.69, 9.17) is 16.3 Å². The molecule has 18 heavy (non-hydrogen) atoms. The molecule has 0 aliphatic rings. The lowest BCUT2D eigenvalue weighted by Crippen LogP contribution is -2.18. The number of ether oxygens (including phenoxy) is 1. The average molecular weight is 334 g/mol. The van der Waals surface area contributed by atoms with Crippen molar-refractivity contribution in [2.75, 3.05) is 7.11 Å². The van der Waals surface area contributed by atoms with Gasteiger partial charge in [-0.15, -0.1) is 11.6 Å². The molecule has 0 bridgehead atoms. The van der Waals surface area contributed by atoms with E-state index >= 15 is 0 Å². The molecule has 0 aliphatic heterocycles. The van der Waals surface area contributed by atoms with Gasteiger partial charge in [-0.25, -0.2) is 0 Å². The van der Waals surface area contributed by atoms with Crippen LogP contribution in [0.4, 0.5) is 0 Å². The second-order valence-corrected chi connectivity index (χ2v) is 7.24. The van der Waals surface area contributed by atoms with Crippen molar-refractivity contribution in [3.05, 3.63) is 28.2 Å². The minimum Gasteiger partial charge on any atom is -0.497 e. The van der Waals surface area contributed by atoms with E-state index in [-0.39, 0.29) is 10.8 Å². The molecule has 0 fully saturated rings. The van der Waals surface area contributed by atoms with E-state index in [9.17, 15) is 0 Å². The molecule has 0 spiro atoms. The number of methoxy groups -OCH3 is 1. The third-order valence-electron chi connectivity index (χ3n) is 3.58. The number of rotatable bonds is 4. The van der Waals surface area contributed by atoms with Gasteiger partial charge in [0.1, 0.15) is 5.75 Å². The fourth-order valence-electron chi connectivity index (χ4n) is 1.68. The smallest absolute Gasteiger partial charge is 0.120 e. The van der Waals surface area contributed by atoms with Crippen LogP contribution in [0.3, 0.4) is 0 Å². The van der Waals surface area contributed by atoms with E-state index in [1.165, 1.54) is 0 Å². The van der Waals surface area contributed by atoms with Crippen molar-refractivity contribution in [1.29, 1.82) is 0 Å². The Morgan fingerprint density at radius 2 is 1.94 bits per heavy atom. The highest BCUT2D eigenvalue weighted by Gasteiger charge is 2.24. The first kappa shape index (κ1) is 15.8. The Morgan fingerprint density at radius 1 is 1.33 bits per heavy atom. The standard InChI is InChI=1S/C15H22BrClO/c1-10(15(2,3)4)8-14(17)12-7-6-11(18-5)9-13(12)16/h6-7,9-10,14H,8H2,1-5H3. The van der Waals surface area contributed by atoms with Gasteiger partial charge in [0.25, 0.3) is 0 Å². The summed E-state index contributed by atoms with van der Waals surface area (Å²) in [6.07, 6.45) is 0.968. The van der Waals surface area contributed by atoms with E-state index in [0.29, 0.717) is 5.92 Å². The maximum atomic E-state index is 6.54. The normalized spacial score (nSPS) is 15.3. The Hall–Kier alpha value is -0.210. The van der Waals surface area contributed by atoms with Gasteiger partial charge in [0, 0.05) is 4.47 Å². The first-order chi connectivity index (χ1) is 8.25. The number of halogens is 2. The van der Waals surface area contributed by atoms with Gasteiger partial charge in [0.15, 0.2) is 0 Å². The fourth-order valence-corrected chi connectivity index (χ4v) is 2.90. The molecule has 0 saturated carbocycles. The zero-order valence-corrected chi connectivity index (χ0v) is 14.1. The van der Waals surface area contributed by atoms with Crippen LogP contribution in [0, 0.1) is 11.3 Å². The van der Waals surface area contributed by atoms with Crippen LogP contribution in [0.1, 0.15) is 45.1 Å². The predicted octanol–water partition coefficient (Wildman–Crippen LogP) is 5.81. The summed E-state index contributed by atoms with van der Waals surface area (Å²) in [6, 6.07) is 5.96. The van der Waals surface area contributed by atoms with E-state index in [2.05, 4.69) is 43.6 Å². The fraction of sp³-hybridized carbons (Fsp3) is 0.600. The largest absolute Gasteiger partial charge is 0.497 e. The summed E-state index contributed by atoms with van der Waals surface area (Å²) < 4.78 is 6.21. The topological polar surface area (TPSA) is 9.23 Å². The molecule has 0 aliphatic carbocycles. The molecule has 1 aromatic rings. The van der Waals surface area contributed by atoms with Gasteiger partial charge >= 0.3 is 0 Å². The summed E-state index contributed by atoms with van der Waals surface area (Å²) in [4.78, 5) is 0. The molecule has 0 aromatic heterocycles. The van der Waals surface area contributed by atoms with E-state index in [0.717, 1.165) is 22.2 Å². The van der Waals surface area contributed by atoms with Gasteiger partial charge in [-0.3, -0.25) is 0 Å². The average Bonchev–Trinajstić information content (AvgIpc) is 2.27. The number of alkyl halides is 1. The Labute approximate surface area is 124 Å². The van der Waals surface area contributed by atoms with Crippen molar-refractivity contribution >= 4 is 27.5 Å². The van der Waals surface area contributed by atoms with Gasteiger partial charge in [0.2, 0.25) is 0 Å². The molecule has 3 heteroatoms. The van der Waals surface area contributed by atoms with Gasteiger partial charge in [0.05, 0.1) is 12.5 Å². The summed E-state index contributed by atoms with van der Waals surface area (Å²) in [5.74, 6) is 1.41. The van der Waals surface area contributed by atoms with Crippen molar-refractivity contribution in [3.8, 4) is 5.75 Å². The molecule has 1 rings (SSSR count). The highest BCUT2D eigenvalue weighted by Crippen LogP contribution is 2.39. The molecule has 102 valence electrons. The maximum Gasteiger partial charge on any atom is 0.120 e. The maximum absolute atomic E-state index is 6.54. The predicted molar refractivity (Wildman–Crippen MR) is 82.5 cm³/mol. The second kappa shape index (κ2) is 6.29. The molecule has 0 amide bonds. The van der Waals surface area contributed by atoms with Crippen LogP contribution in [-0.2, 0) is 0 Å². The molecule has 0 radical (unpaired) electrons. The SMILES string of the molecule is COc1ccc(C(Cl)CC(C)C(C)(C)C)c(Br)c1. The van der Waals surface area contributed by atoms with Crippen molar-refractivity contribution < 1.29 is 4.74 Å².